The second kappa shape index (κ2) is 6.59. The molecule has 0 aliphatic carbocycles. The molecule has 98 valence electrons. The summed E-state index contributed by atoms with van der Waals surface area (Å²) in [5, 5.41) is 0. The van der Waals surface area contributed by atoms with Crippen LogP contribution in [0.5, 0.6) is 0 Å². The lowest BCUT2D eigenvalue weighted by Crippen LogP contribution is -2.46. The summed E-state index contributed by atoms with van der Waals surface area (Å²) < 4.78 is 10.2. The van der Waals surface area contributed by atoms with Crippen LogP contribution < -0.4 is 0 Å². The maximum absolute atomic E-state index is 12.1. The Kier molecular flexibility index (Phi) is 5.41. The van der Waals surface area contributed by atoms with Crippen molar-refractivity contribution in [2.24, 2.45) is 0 Å². The molecule has 0 aromatic rings. The van der Waals surface area contributed by atoms with E-state index in [0.29, 0.717) is 13.2 Å². The number of nitrogens with zero attached hydrogens (tertiary/aromatic N) is 1. The standard InChI is InChI=1S/C12H21NO4/c1-4-16-11(14)8-13(9(2)3)12(15)10-6-5-7-17-10/h9-10H,4-8H2,1-3H3/t10-/m0/s1. The minimum Gasteiger partial charge on any atom is -0.465 e. The number of esters is 1. The summed E-state index contributed by atoms with van der Waals surface area (Å²) in [6.45, 7) is 6.47. The van der Waals surface area contributed by atoms with Crippen molar-refractivity contribution in [1.82, 2.24) is 4.90 Å². The maximum Gasteiger partial charge on any atom is 0.325 e. The van der Waals surface area contributed by atoms with Crippen LogP contribution in [0.15, 0.2) is 0 Å². The van der Waals surface area contributed by atoms with Gasteiger partial charge in [0.1, 0.15) is 12.6 Å². The number of ether oxygens (including phenoxy) is 2. The predicted octanol–water partition coefficient (Wildman–Crippen LogP) is 0.965. The van der Waals surface area contributed by atoms with E-state index in [1.54, 1.807) is 6.92 Å². The predicted molar refractivity (Wildman–Crippen MR) is 62.5 cm³/mol. The van der Waals surface area contributed by atoms with Gasteiger partial charge in [-0.3, -0.25) is 9.59 Å². The summed E-state index contributed by atoms with van der Waals surface area (Å²) >= 11 is 0. The number of hydrogen-bond acceptors (Lipinski definition) is 4. The molecule has 1 amide bonds. The highest BCUT2D eigenvalue weighted by molar-refractivity contribution is 5.85. The lowest BCUT2D eigenvalue weighted by Gasteiger charge is -2.27. The van der Waals surface area contributed by atoms with Crippen molar-refractivity contribution in [3.05, 3.63) is 0 Å². The van der Waals surface area contributed by atoms with Crippen LogP contribution in [0.4, 0.5) is 0 Å². The van der Waals surface area contributed by atoms with Crippen molar-refractivity contribution in [1.29, 1.82) is 0 Å². The third kappa shape index (κ3) is 4.00. The van der Waals surface area contributed by atoms with Gasteiger partial charge in [-0.2, -0.15) is 0 Å². The zero-order chi connectivity index (χ0) is 12.8. The van der Waals surface area contributed by atoms with E-state index >= 15 is 0 Å². The Balaban J connectivity index is 2.58. The number of rotatable bonds is 5. The smallest absolute Gasteiger partial charge is 0.325 e. The van der Waals surface area contributed by atoms with E-state index in [-0.39, 0.29) is 30.6 Å². The van der Waals surface area contributed by atoms with Crippen molar-refractivity contribution >= 4 is 11.9 Å². The third-order valence-corrected chi connectivity index (χ3v) is 2.72. The molecule has 0 radical (unpaired) electrons. The van der Waals surface area contributed by atoms with Gasteiger partial charge < -0.3 is 14.4 Å². The molecule has 5 heteroatoms. The first-order chi connectivity index (χ1) is 8.06. The fourth-order valence-corrected chi connectivity index (χ4v) is 1.82. The fourth-order valence-electron chi connectivity index (χ4n) is 1.82. The summed E-state index contributed by atoms with van der Waals surface area (Å²) in [7, 11) is 0. The largest absolute Gasteiger partial charge is 0.465 e. The molecule has 5 nitrogen and oxygen atoms in total. The Labute approximate surface area is 102 Å². The van der Waals surface area contributed by atoms with Crippen molar-refractivity contribution < 1.29 is 19.1 Å². The van der Waals surface area contributed by atoms with Crippen molar-refractivity contribution in [3.8, 4) is 0 Å². The highest BCUT2D eigenvalue weighted by atomic mass is 16.5. The Hall–Kier alpha value is -1.10. The maximum atomic E-state index is 12.1. The van der Waals surface area contributed by atoms with Gasteiger partial charge in [-0.25, -0.2) is 0 Å². The van der Waals surface area contributed by atoms with Gasteiger partial charge in [-0.1, -0.05) is 0 Å². The Morgan fingerprint density at radius 3 is 2.65 bits per heavy atom. The van der Waals surface area contributed by atoms with E-state index in [9.17, 15) is 9.59 Å². The van der Waals surface area contributed by atoms with E-state index < -0.39 is 0 Å². The van der Waals surface area contributed by atoms with Crippen LogP contribution in [0.25, 0.3) is 0 Å². The Bertz CT molecular complexity index is 272. The average Bonchev–Trinajstić information content (AvgIpc) is 2.78. The summed E-state index contributed by atoms with van der Waals surface area (Å²) in [4.78, 5) is 25.1. The average molecular weight is 243 g/mol. The topological polar surface area (TPSA) is 55.8 Å². The molecule has 0 saturated carbocycles. The van der Waals surface area contributed by atoms with Crippen LogP contribution in [0.2, 0.25) is 0 Å². The number of carbonyl (C=O) groups is 2. The molecular weight excluding hydrogens is 222 g/mol. The molecule has 0 unspecified atom stereocenters. The molecule has 1 aliphatic heterocycles. The van der Waals surface area contributed by atoms with E-state index in [4.69, 9.17) is 9.47 Å². The Morgan fingerprint density at radius 1 is 1.47 bits per heavy atom. The van der Waals surface area contributed by atoms with Crippen molar-refractivity contribution in [3.63, 3.8) is 0 Å². The molecule has 0 bridgehead atoms. The van der Waals surface area contributed by atoms with Crippen LogP contribution in [0, 0.1) is 0 Å². The van der Waals surface area contributed by atoms with Crippen LogP contribution in [0.3, 0.4) is 0 Å². The summed E-state index contributed by atoms with van der Waals surface area (Å²) in [5.74, 6) is -0.474. The minimum absolute atomic E-state index is 0.00417. The van der Waals surface area contributed by atoms with Gasteiger partial charge in [-0.05, 0) is 33.6 Å². The second-order valence-electron chi connectivity index (χ2n) is 4.37. The summed E-state index contributed by atoms with van der Waals surface area (Å²) in [6.07, 6.45) is 1.26. The summed E-state index contributed by atoms with van der Waals surface area (Å²) in [6, 6.07) is -0.0314. The zero-order valence-corrected chi connectivity index (χ0v) is 10.8. The quantitative estimate of drug-likeness (QED) is 0.675. The number of hydrogen-bond donors (Lipinski definition) is 0. The molecule has 0 aromatic heterocycles. The van der Waals surface area contributed by atoms with Crippen LogP contribution in [-0.4, -0.2) is 48.7 Å². The highest BCUT2D eigenvalue weighted by Crippen LogP contribution is 2.16. The minimum atomic E-state index is -0.383. The van der Waals surface area contributed by atoms with E-state index in [1.165, 1.54) is 4.90 Å². The van der Waals surface area contributed by atoms with Gasteiger partial charge in [0.25, 0.3) is 5.91 Å². The van der Waals surface area contributed by atoms with E-state index in [0.717, 1.165) is 12.8 Å². The normalized spacial score (nSPS) is 19.4. The molecule has 17 heavy (non-hydrogen) atoms. The molecule has 0 N–H and O–H groups in total. The van der Waals surface area contributed by atoms with Gasteiger partial charge >= 0.3 is 5.97 Å². The monoisotopic (exact) mass is 243 g/mol. The van der Waals surface area contributed by atoms with Crippen LogP contribution >= 0.6 is 0 Å². The lowest BCUT2D eigenvalue weighted by atomic mass is 10.2. The van der Waals surface area contributed by atoms with Gasteiger partial charge in [0, 0.05) is 12.6 Å². The van der Waals surface area contributed by atoms with Crippen molar-refractivity contribution in [2.75, 3.05) is 19.8 Å². The molecule has 0 spiro atoms. The lowest BCUT2D eigenvalue weighted by molar-refractivity contribution is -0.153. The third-order valence-electron chi connectivity index (χ3n) is 2.72. The first kappa shape index (κ1) is 14.0. The molecule has 0 aromatic carbocycles. The van der Waals surface area contributed by atoms with Crippen LogP contribution in [0.1, 0.15) is 33.6 Å². The fraction of sp³-hybridized carbons (Fsp3) is 0.833. The van der Waals surface area contributed by atoms with E-state index in [1.807, 2.05) is 13.8 Å². The number of carbonyl (C=O) groups excluding carboxylic acids is 2. The molecule has 1 saturated heterocycles. The van der Waals surface area contributed by atoms with Gasteiger partial charge in [0.2, 0.25) is 0 Å². The summed E-state index contributed by atoms with van der Waals surface area (Å²) in [5.41, 5.74) is 0. The SMILES string of the molecule is CCOC(=O)CN(C(=O)[C@@H]1CCCO1)C(C)C. The van der Waals surface area contributed by atoms with Gasteiger partial charge in [0.15, 0.2) is 0 Å². The van der Waals surface area contributed by atoms with Crippen LogP contribution in [-0.2, 0) is 19.1 Å². The van der Waals surface area contributed by atoms with Gasteiger partial charge in [0.05, 0.1) is 6.61 Å². The highest BCUT2D eigenvalue weighted by Gasteiger charge is 2.30. The first-order valence-corrected chi connectivity index (χ1v) is 6.14. The van der Waals surface area contributed by atoms with E-state index in [2.05, 4.69) is 0 Å². The molecule has 1 rings (SSSR count). The first-order valence-electron chi connectivity index (χ1n) is 6.14. The molecule has 1 fully saturated rings. The van der Waals surface area contributed by atoms with Gasteiger partial charge in [-0.15, -0.1) is 0 Å². The molecular formula is C12H21NO4. The molecule has 1 atom stereocenters. The number of amides is 1. The molecule has 1 aliphatic rings. The second-order valence-corrected chi connectivity index (χ2v) is 4.37. The Morgan fingerprint density at radius 2 is 2.18 bits per heavy atom. The molecule has 1 heterocycles. The van der Waals surface area contributed by atoms with Crippen molar-refractivity contribution in [2.45, 2.75) is 45.8 Å². The zero-order valence-electron chi connectivity index (χ0n) is 10.8.